The Kier molecular flexibility index (Phi) is 2.39. The van der Waals surface area contributed by atoms with E-state index in [1.54, 1.807) is 11.3 Å². The molecule has 0 spiro atoms. The van der Waals surface area contributed by atoms with Gasteiger partial charge in [-0.15, -0.1) is 11.3 Å². The first-order chi connectivity index (χ1) is 5.84. The number of nitrogens with one attached hydrogen (secondary N) is 1. The highest BCUT2D eigenvalue weighted by atomic mass is 32.1. The van der Waals surface area contributed by atoms with Crippen molar-refractivity contribution < 1.29 is 4.74 Å². The fourth-order valence-corrected chi connectivity index (χ4v) is 1.66. The van der Waals surface area contributed by atoms with E-state index in [1.165, 1.54) is 0 Å². The maximum absolute atomic E-state index is 5.56. The molecule has 1 fully saturated rings. The van der Waals surface area contributed by atoms with E-state index in [-0.39, 0.29) is 0 Å². The van der Waals surface area contributed by atoms with Crippen LogP contribution < -0.4 is 5.32 Å². The first kappa shape index (κ1) is 8.16. The molecule has 0 unspecified atom stereocenters. The molecule has 1 aromatic heterocycles. The van der Waals surface area contributed by atoms with Crippen molar-refractivity contribution in [3.8, 4) is 0 Å². The number of nitrogens with zero attached hydrogens (tertiary/aromatic N) is 1. The van der Waals surface area contributed by atoms with Gasteiger partial charge in [-0.25, -0.2) is 4.98 Å². The predicted octanol–water partition coefficient (Wildman–Crippen LogP) is 0.940. The van der Waals surface area contributed by atoms with Crippen LogP contribution in [-0.2, 0) is 11.3 Å². The lowest BCUT2D eigenvalue weighted by Crippen LogP contribution is -2.48. The van der Waals surface area contributed by atoms with E-state index < -0.39 is 0 Å². The van der Waals surface area contributed by atoms with E-state index in [1.807, 2.05) is 6.92 Å². The standard InChI is InChI=1S/C8H12N2OS/c1-6-10-7(5-12-6)4-11-8-2-9-3-8/h5,8-9H,2-4H2,1H3. The van der Waals surface area contributed by atoms with Gasteiger partial charge in [-0.2, -0.15) is 0 Å². The maximum Gasteiger partial charge on any atom is 0.0901 e. The number of aromatic nitrogens is 1. The predicted molar refractivity (Wildman–Crippen MR) is 48.3 cm³/mol. The van der Waals surface area contributed by atoms with Crippen LogP contribution in [0.5, 0.6) is 0 Å². The van der Waals surface area contributed by atoms with Gasteiger partial charge in [-0.3, -0.25) is 0 Å². The van der Waals surface area contributed by atoms with Crippen molar-refractivity contribution in [3.05, 3.63) is 16.1 Å². The molecule has 1 saturated heterocycles. The molecule has 12 heavy (non-hydrogen) atoms. The quantitative estimate of drug-likeness (QED) is 0.759. The summed E-state index contributed by atoms with van der Waals surface area (Å²) in [7, 11) is 0. The summed E-state index contributed by atoms with van der Waals surface area (Å²) in [6.45, 7) is 4.65. The van der Waals surface area contributed by atoms with Crippen LogP contribution in [0.25, 0.3) is 0 Å². The SMILES string of the molecule is Cc1nc(COC2CNC2)cs1. The molecule has 2 rings (SSSR count). The van der Waals surface area contributed by atoms with Gasteiger partial charge in [-0.1, -0.05) is 0 Å². The Morgan fingerprint density at radius 1 is 1.75 bits per heavy atom. The molecule has 3 nitrogen and oxygen atoms in total. The van der Waals surface area contributed by atoms with Crippen LogP contribution >= 0.6 is 11.3 Å². The van der Waals surface area contributed by atoms with Crippen LogP contribution in [0.4, 0.5) is 0 Å². The summed E-state index contributed by atoms with van der Waals surface area (Å²) in [5.41, 5.74) is 1.06. The number of hydrogen-bond acceptors (Lipinski definition) is 4. The highest BCUT2D eigenvalue weighted by Gasteiger charge is 2.16. The molecule has 1 aromatic rings. The highest BCUT2D eigenvalue weighted by Crippen LogP contribution is 2.10. The fraction of sp³-hybridized carbons (Fsp3) is 0.625. The lowest BCUT2D eigenvalue weighted by molar-refractivity contribution is 0.00623. The summed E-state index contributed by atoms with van der Waals surface area (Å²) in [5, 5.41) is 6.33. The van der Waals surface area contributed by atoms with Crippen molar-refractivity contribution in [2.75, 3.05) is 13.1 Å². The molecular weight excluding hydrogens is 172 g/mol. The van der Waals surface area contributed by atoms with Crippen molar-refractivity contribution in [2.45, 2.75) is 19.6 Å². The summed E-state index contributed by atoms with van der Waals surface area (Å²) < 4.78 is 5.56. The lowest BCUT2D eigenvalue weighted by Gasteiger charge is -2.26. The first-order valence-electron chi connectivity index (χ1n) is 4.08. The Bertz CT molecular complexity index is 257. The van der Waals surface area contributed by atoms with Crippen LogP contribution in [0.3, 0.4) is 0 Å². The minimum Gasteiger partial charge on any atom is -0.369 e. The lowest BCUT2D eigenvalue weighted by atomic mass is 10.2. The Morgan fingerprint density at radius 3 is 3.08 bits per heavy atom. The third-order valence-corrected chi connectivity index (χ3v) is 2.70. The fourth-order valence-electron chi connectivity index (χ4n) is 1.06. The zero-order chi connectivity index (χ0) is 8.39. The summed E-state index contributed by atoms with van der Waals surface area (Å²) in [6, 6.07) is 0. The number of thiazole rings is 1. The Morgan fingerprint density at radius 2 is 2.58 bits per heavy atom. The number of aryl methyl sites for hydroxylation is 1. The maximum atomic E-state index is 5.56. The molecule has 0 radical (unpaired) electrons. The monoisotopic (exact) mass is 184 g/mol. The van der Waals surface area contributed by atoms with Gasteiger partial charge in [0.1, 0.15) is 0 Å². The highest BCUT2D eigenvalue weighted by molar-refractivity contribution is 7.09. The number of hydrogen-bond donors (Lipinski definition) is 1. The van der Waals surface area contributed by atoms with E-state index in [2.05, 4.69) is 15.7 Å². The summed E-state index contributed by atoms with van der Waals surface area (Å²) in [5.74, 6) is 0. The Balaban J connectivity index is 1.79. The summed E-state index contributed by atoms with van der Waals surface area (Å²) in [6.07, 6.45) is 0.409. The van der Waals surface area contributed by atoms with Crippen LogP contribution in [-0.4, -0.2) is 24.2 Å². The first-order valence-corrected chi connectivity index (χ1v) is 4.96. The van der Waals surface area contributed by atoms with E-state index in [0.29, 0.717) is 12.7 Å². The molecule has 4 heteroatoms. The van der Waals surface area contributed by atoms with Crippen LogP contribution in [0.2, 0.25) is 0 Å². The van der Waals surface area contributed by atoms with Gasteiger partial charge in [0.2, 0.25) is 0 Å². The zero-order valence-corrected chi connectivity index (χ0v) is 7.86. The van der Waals surface area contributed by atoms with Crippen molar-refractivity contribution >= 4 is 11.3 Å². The number of ether oxygens (including phenoxy) is 1. The second-order valence-corrected chi connectivity index (χ2v) is 4.01. The smallest absolute Gasteiger partial charge is 0.0901 e. The molecule has 0 amide bonds. The normalized spacial score (nSPS) is 17.8. The van der Waals surface area contributed by atoms with E-state index in [9.17, 15) is 0 Å². The van der Waals surface area contributed by atoms with E-state index >= 15 is 0 Å². The van der Waals surface area contributed by atoms with Gasteiger partial charge in [0.25, 0.3) is 0 Å². The van der Waals surface area contributed by atoms with E-state index in [0.717, 1.165) is 23.8 Å². The van der Waals surface area contributed by atoms with Crippen LogP contribution in [0.15, 0.2) is 5.38 Å². The van der Waals surface area contributed by atoms with Gasteiger partial charge in [-0.05, 0) is 6.92 Å². The molecule has 0 bridgehead atoms. The molecule has 1 N–H and O–H groups in total. The van der Waals surface area contributed by atoms with Gasteiger partial charge in [0, 0.05) is 18.5 Å². The largest absolute Gasteiger partial charge is 0.369 e. The summed E-state index contributed by atoms with van der Waals surface area (Å²) in [4.78, 5) is 4.31. The minimum absolute atomic E-state index is 0.409. The van der Waals surface area contributed by atoms with Crippen molar-refractivity contribution in [2.24, 2.45) is 0 Å². The summed E-state index contributed by atoms with van der Waals surface area (Å²) >= 11 is 1.67. The van der Waals surface area contributed by atoms with Crippen molar-refractivity contribution in [3.63, 3.8) is 0 Å². The molecule has 1 aliphatic heterocycles. The Hall–Kier alpha value is -0.450. The third-order valence-electron chi connectivity index (χ3n) is 1.88. The Labute approximate surface area is 75.8 Å². The van der Waals surface area contributed by atoms with Gasteiger partial charge in [0.05, 0.1) is 23.4 Å². The average molecular weight is 184 g/mol. The molecule has 0 saturated carbocycles. The second kappa shape index (κ2) is 3.51. The van der Waals surface area contributed by atoms with Crippen molar-refractivity contribution in [1.29, 1.82) is 0 Å². The van der Waals surface area contributed by atoms with Gasteiger partial charge < -0.3 is 10.1 Å². The molecule has 66 valence electrons. The molecule has 0 atom stereocenters. The van der Waals surface area contributed by atoms with Crippen LogP contribution in [0.1, 0.15) is 10.7 Å². The van der Waals surface area contributed by atoms with E-state index in [4.69, 9.17) is 4.74 Å². The van der Waals surface area contributed by atoms with Crippen LogP contribution in [0, 0.1) is 6.92 Å². The molecule has 0 aliphatic carbocycles. The van der Waals surface area contributed by atoms with Crippen molar-refractivity contribution in [1.82, 2.24) is 10.3 Å². The molecule has 0 aromatic carbocycles. The molecular formula is C8H12N2OS. The van der Waals surface area contributed by atoms with Gasteiger partial charge in [0.15, 0.2) is 0 Å². The molecule has 1 aliphatic rings. The topological polar surface area (TPSA) is 34.1 Å². The zero-order valence-electron chi connectivity index (χ0n) is 7.04. The second-order valence-electron chi connectivity index (χ2n) is 2.95. The number of rotatable bonds is 3. The minimum atomic E-state index is 0.409. The average Bonchev–Trinajstić information content (AvgIpc) is 2.32. The third kappa shape index (κ3) is 1.83. The molecule has 2 heterocycles. The van der Waals surface area contributed by atoms with Gasteiger partial charge >= 0.3 is 0 Å².